The minimum atomic E-state index is -2.50. The molecular formula is C27H60ClNO3Si. The molecule has 0 unspecified atom stereocenters. The van der Waals surface area contributed by atoms with Gasteiger partial charge in [0.15, 0.2) is 0 Å². The topological polar surface area (TPSA) is 27.7 Å². The molecule has 0 atom stereocenters. The summed E-state index contributed by atoms with van der Waals surface area (Å²) in [6.07, 6.45) is 18.2. The van der Waals surface area contributed by atoms with E-state index in [2.05, 4.69) is 20.8 Å². The molecule has 0 rings (SSSR count). The fourth-order valence-corrected chi connectivity index (χ4v) is 7.48. The molecular weight excluding hydrogens is 450 g/mol. The monoisotopic (exact) mass is 509 g/mol. The highest BCUT2D eigenvalue weighted by molar-refractivity contribution is 6.60. The van der Waals surface area contributed by atoms with Crippen LogP contribution >= 0.6 is 0 Å². The van der Waals surface area contributed by atoms with Crippen LogP contribution in [0.4, 0.5) is 0 Å². The van der Waals surface area contributed by atoms with Crippen molar-refractivity contribution in [2.24, 2.45) is 0 Å². The predicted molar refractivity (Wildman–Crippen MR) is 142 cm³/mol. The quantitative estimate of drug-likeness (QED) is 0.0985. The van der Waals surface area contributed by atoms with Crippen molar-refractivity contribution in [2.75, 3.05) is 46.0 Å². The van der Waals surface area contributed by atoms with Crippen LogP contribution in [0.3, 0.4) is 0 Å². The number of unbranched alkanes of at least 4 members (excludes halogenated alkanes) is 11. The van der Waals surface area contributed by atoms with Gasteiger partial charge in [-0.05, 0) is 47.5 Å². The Balaban J connectivity index is 0. The van der Waals surface area contributed by atoms with Gasteiger partial charge in [0, 0.05) is 32.3 Å². The zero-order valence-electron chi connectivity index (χ0n) is 23.4. The fraction of sp³-hybridized carbons (Fsp3) is 1.00. The third-order valence-corrected chi connectivity index (χ3v) is 10.2. The summed E-state index contributed by atoms with van der Waals surface area (Å²) in [6, 6.07) is 0.945. The molecule has 0 N–H and O–H groups in total. The molecule has 0 aliphatic heterocycles. The Morgan fingerprint density at radius 2 is 0.848 bits per heavy atom. The molecule has 0 spiro atoms. The van der Waals surface area contributed by atoms with E-state index in [1.807, 2.05) is 20.8 Å². The average molecular weight is 510 g/mol. The van der Waals surface area contributed by atoms with Crippen LogP contribution in [0.2, 0.25) is 6.04 Å². The van der Waals surface area contributed by atoms with Crippen LogP contribution in [0, 0.1) is 0 Å². The Morgan fingerprint density at radius 3 is 1.21 bits per heavy atom. The lowest BCUT2D eigenvalue weighted by atomic mass is 10.0. The minimum Gasteiger partial charge on any atom is -1.00 e. The van der Waals surface area contributed by atoms with Gasteiger partial charge in [0.1, 0.15) is 0 Å². The Bertz CT molecular complexity index is 381. The van der Waals surface area contributed by atoms with Gasteiger partial charge in [-0.1, -0.05) is 71.1 Å². The normalized spacial score (nSPS) is 12.2. The van der Waals surface area contributed by atoms with E-state index in [0.717, 1.165) is 12.5 Å². The third kappa shape index (κ3) is 17.4. The molecule has 4 nitrogen and oxygen atoms in total. The predicted octanol–water partition coefficient (Wildman–Crippen LogP) is 4.99. The zero-order chi connectivity index (χ0) is 24.0. The minimum absolute atomic E-state index is 0. The number of rotatable bonds is 25. The van der Waals surface area contributed by atoms with Crippen molar-refractivity contribution in [1.29, 1.82) is 0 Å². The van der Waals surface area contributed by atoms with E-state index in [4.69, 9.17) is 13.3 Å². The molecule has 0 saturated heterocycles. The second-order valence-electron chi connectivity index (χ2n) is 9.40. The third-order valence-electron chi connectivity index (χ3n) is 7.04. The van der Waals surface area contributed by atoms with Crippen molar-refractivity contribution in [3.63, 3.8) is 0 Å². The van der Waals surface area contributed by atoms with E-state index < -0.39 is 8.80 Å². The summed E-state index contributed by atoms with van der Waals surface area (Å²) in [5.74, 6) is 0. The molecule has 0 aliphatic rings. The van der Waals surface area contributed by atoms with Crippen LogP contribution < -0.4 is 12.4 Å². The van der Waals surface area contributed by atoms with Crippen molar-refractivity contribution >= 4 is 8.80 Å². The highest BCUT2D eigenvalue weighted by Crippen LogP contribution is 2.21. The van der Waals surface area contributed by atoms with E-state index in [9.17, 15) is 0 Å². The molecule has 0 radical (unpaired) electrons. The number of quaternary nitrogens is 1. The van der Waals surface area contributed by atoms with E-state index in [0.29, 0.717) is 19.8 Å². The lowest BCUT2D eigenvalue weighted by Gasteiger charge is -2.38. The maximum absolute atomic E-state index is 6.06. The summed E-state index contributed by atoms with van der Waals surface area (Å²) >= 11 is 0. The first-order valence-electron chi connectivity index (χ1n) is 14.3. The highest BCUT2D eigenvalue weighted by atomic mass is 35.5. The lowest BCUT2D eigenvalue weighted by molar-refractivity contribution is -0.925. The van der Waals surface area contributed by atoms with Crippen LogP contribution in [0.1, 0.15) is 125 Å². The zero-order valence-corrected chi connectivity index (χ0v) is 25.2. The number of hydrogen-bond donors (Lipinski definition) is 0. The molecule has 0 aromatic carbocycles. The molecule has 0 heterocycles. The van der Waals surface area contributed by atoms with Gasteiger partial charge < -0.3 is 30.2 Å². The van der Waals surface area contributed by atoms with Crippen molar-refractivity contribution in [3.8, 4) is 0 Å². The first kappa shape index (κ1) is 35.5. The summed E-state index contributed by atoms with van der Waals surface area (Å²) in [5.41, 5.74) is 0. The van der Waals surface area contributed by atoms with E-state index in [-0.39, 0.29) is 12.4 Å². The highest BCUT2D eigenvalue weighted by Gasteiger charge is 2.40. The molecule has 0 saturated carbocycles. The Hall–Kier alpha value is 0.347. The maximum Gasteiger partial charge on any atom is 0.501 e. The van der Waals surface area contributed by atoms with Gasteiger partial charge in [0.05, 0.1) is 26.2 Å². The Labute approximate surface area is 215 Å². The molecule has 0 bridgehead atoms. The smallest absolute Gasteiger partial charge is 0.501 e. The van der Waals surface area contributed by atoms with E-state index in [1.54, 1.807) is 0 Å². The van der Waals surface area contributed by atoms with Crippen molar-refractivity contribution in [2.45, 2.75) is 131 Å². The second kappa shape index (κ2) is 24.1. The summed E-state index contributed by atoms with van der Waals surface area (Å²) in [5, 5.41) is 0. The van der Waals surface area contributed by atoms with Gasteiger partial charge in [0.2, 0.25) is 0 Å². The first-order chi connectivity index (χ1) is 15.6. The van der Waals surface area contributed by atoms with Gasteiger partial charge in [-0.2, -0.15) is 0 Å². The Kier molecular flexibility index (Phi) is 25.9. The number of nitrogens with zero attached hydrogens (tertiary/aromatic N) is 1. The molecule has 0 amide bonds. The van der Waals surface area contributed by atoms with Gasteiger partial charge in [0.25, 0.3) is 0 Å². The molecule has 6 heteroatoms. The lowest BCUT2D eigenvalue weighted by Crippen LogP contribution is -3.00. The fourth-order valence-electron chi connectivity index (χ4n) is 4.89. The van der Waals surface area contributed by atoms with Crippen LogP contribution in [-0.2, 0) is 13.3 Å². The van der Waals surface area contributed by atoms with Gasteiger partial charge in [-0.25, -0.2) is 0 Å². The van der Waals surface area contributed by atoms with Crippen LogP contribution in [0.5, 0.6) is 0 Å². The van der Waals surface area contributed by atoms with Crippen molar-refractivity contribution in [3.05, 3.63) is 0 Å². The summed E-state index contributed by atoms with van der Waals surface area (Å²) in [7, 11) is -2.50. The second-order valence-corrected chi connectivity index (χ2v) is 12.1. The summed E-state index contributed by atoms with van der Waals surface area (Å²) < 4.78 is 19.4. The first-order valence-corrected chi connectivity index (χ1v) is 16.3. The molecule has 33 heavy (non-hydrogen) atoms. The van der Waals surface area contributed by atoms with Gasteiger partial charge in [-0.15, -0.1) is 0 Å². The van der Waals surface area contributed by atoms with Crippen LogP contribution in [-0.4, -0.2) is 59.3 Å². The van der Waals surface area contributed by atoms with Gasteiger partial charge in [-0.3, -0.25) is 0 Å². The molecule has 0 aliphatic carbocycles. The van der Waals surface area contributed by atoms with E-state index >= 15 is 0 Å². The number of hydrogen-bond acceptors (Lipinski definition) is 3. The largest absolute Gasteiger partial charge is 1.00 e. The average Bonchev–Trinajstić information content (AvgIpc) is 2.79. The van der Waals surface area contributed by atoms with Crippen LogP contribution in [0.15, 0.2) is 0 Å². The molecule has 0 aromatic rings. The Morgan fingerprint density at radius 1 is 0.485 bits per heavy atom. The van der Waals surface area contributed by atoms with Crippen molar-refractivity contribution in [1.82, 2.24) is 0 Å². The molecule has 0 aromatic heterocycles. The summed E-state index contributed by atoms with van der Waals surface area (Å²) in [6.45, 7) is 20.2. The number of halogens is 1. The SMILES string of the molecule is CCCCCCCCCCCCCC[N+](CC)(CC)CCC[Si](OCC)(OCC)OCC.[Cl-]. The van der Waals surface area contributed by atoms with E-state index in [1.165, 1.54) is 108 Å². The standard InChI is InChI=1S/C27H60NO3Si.ClH/c1-7-13-14-15-16-17-18-19-20-21-22-23-25-28(8-2,9-3)26-24-27-32(29-10-4,30-11-5)31-12-6;/h7-27H2,1-6H3;1H/q+1;/p-1. The van der Waals surface area contributed by atoms with Crippen LogP contribution in [0.25, 0.3) is 0 Å². The van der Waals surface area contributed by atoms with Gasteiger partial charge >= 0.3 is 8.80 Å². The molecule has 0 fully saturated rings. The maximum atomic E-state index is 6.06. The van der Waals surface area contributed by atoms with Crippen molar-refractivity contribution < 1.29 is 30.2 Å². The molecule has 202 valence electrons. The summed E-state index contributed by atoms with van der Waals surface area (Å²) in [4.78, 5) is 0.